The summed E-state index contributed by atoms with van der Waals surface area (Å²) in [6, 6.07) is 4.73. The summed E-state index contributed by atoms with van der Waals surface area (Å²) < 4.78 is 5.19. The van der Waals surface area contributed by atoms with Crippen LogP contribution in [0.5, 0.6) is 0 Å². The van der Waals surface area contributed by atoms with Gasteiger partial charge in [0, 0.05) is 32.4 Å². The van der Waals surface area contributed by atoms with Gasteiger partial charge in [-0.15, -0.1) is 0 Å². The molecule has 0 aliphatic heterocycles. The molecule has 108 valence electrons. The lowest BCUT2D eigenvalue weighted by Gasteiger charge is -2.29. The Hall–Kier alpha value is -1.13. The first-order valence-electron chi connectivity index (χ1n) is 7.14. The minimum Gasteiger partial charge on any atom is -0.383 e. The molecule has 0 saturated carbocycles. The van der Waals surface area contributed by atoms with Crippen molar-refractivity contribution in [2.75, 3.05) is 31.7 Å². The molecule has 0 amide bonds. The van der Waals surface area contributed by atoms with Crippen LogP contribution in [0.15, 0.2) is 18.3 Å². The molecule has 4 nitrogen and oxygen atoms in total. The first kappa shape index (κ1) is 15.9. The number of methoxy groups -OCH3 is 1. The number of anilines is 1. The highest BCUT2D eigenvalue weighted by Gasteiger charge is 2.13. The summed E-state index contributed by atoms with van der Waals surface area (Å²) in [7, 11) is 1.74. The summed E-state index contributed by atoms with van der Waals surface area (Å²) in [5.74, 6) is 1.03. The van der Waals surface area contributed by atoms with Gasteiger partial charge in [-0.3, -0.25) is 0 Å². The molecule has 1 atom stereocenters. The SMILES string of the molecule is CCNCc1ccc(N(CCOC)C(C)CC)nc1. The van der Waals surface area contributed by atoms with Gasteiger partial charge in [-0.05, 0) is 31.5 Å². The zero-order chi connectivity index (χ0) is 14.1. The molecule has 0 fully saturated rings. The van der Waals surface area contributed by atoms with Crippen LogP contribution in [0.25, 0.3) is 0 Å². The minimum absolute atomic E-state index is 0.474. The van der Waals surface area contributed by atoms with Crippen molar-refractivity contribution in [2.24, 2.45) is 0 Å². The maximum Gasteiger partial charge on any atom is 0.128 e. The van der Waals surface area contributed by atoms with Crippen molar-refractivity contribution < 1.29 is 4.74 Å². The number of pyridine rings is 1. The standard InChI is InChI=1S/C15H27N3O/c1-5-13(3)18(9-10-19-4)15-8-7-14(12-17-15)11-16-6-2/h7-8,12-13,16H,5-6,9-11H2,1-4H3. The molecule has 0 aliphatic rings. The Kier molecular flexibility index (Phi) is 7.45. The molecule has 1 unspecified atom stereocenters. The molecule has 19 heavy (non-hydrogen) atoms. The van der Waals surface area contributed by atoms with Crippen LogP contribution in [0.4, 0.5) is 5.82 Å². The maximum atomic E-state index is 5.19. The van der Waals surface area contributed by atoms with Crippen LogP contribution < -0.4 is 10.2 Å². The molecule has 4 heteroatoms. The molecule has 0 aromatic carbocycles. The van der Waals surface area contributed by atoms with E-state index >= 15 is 0 Å². The average Bonchev–Trinajstić information content (AvgIpc) is 2.46. The molecule has 1 rings (SSSR count). The van der Waals surface area contributed by atoms with Crippen molar-refractivity contribution in [2.45, 2.75) is 39.8 Å². The van der Waals surface area contributed by atoms with Crippen molar-refractivity contribution in [1.29, 1.82) is 0 Å². The number of nitrogens with one attached hydrogen (secondary N) is 1. The fourth-order valence-corrected chi connectivity index (χ4v) is 1.93. The molecular weight excluding hydrogens is 238 g/mol. The quantitative estimate of drug-likeness (QED) is 0.744. The minimum atomic E-state index is 0.474. The Morgan fingerprint density at radius 3 is 2.68 bits per heavy atom. The third-order valence-electron chi connectivity index (χ3n) is 3.34. The Labute approximate surface area is 117 Å². The zero-order valence-corrected chi connectivity index (χ0v) is 12.6. The predicted molar refractivity (Wildman–Crippen MR) is 80.6 cm³/mol. The molecule has 0 radical (unpaired) electrons. The van der Waals surface area contributed by atoms with Crippen LogP contribution in [0.1, 0.15) is 32.8 Å². The van der Waals surface area contributed by atoms with Crippen molar-refractivity contribution in [1.82, 2.24) is 10.3 Å². The lowest BCUT2D eigenvalue weighted by atomic mass is 10.2. The molecule has 0 saturated heterocycles. The second kappa shape index (κ2) is 8.88. The second-order valence-corrected chi connectivity index (χ2v) is 4.75. The van der Waals surface area contributed by atoms with Gasteiger partial charge in [0.15, 0.2) is 0 Å². The van der Waals surface area contributed by atoms with E-state index in [2.05, 4.69) is 48.1 Å². The number of hydrogen-bond acceptors (Lipinski definition) is 4. The number of aromatic nitrogens is 1. The van der Waals surface area contributed by atoms with Crippen LogP contribution in [0.2, 0.25) is 0 Å². The second-order valence-electron chi connectivity index (χ2n) is 4.75. The van der Waals surface area contributed by atoms with Crippen LogP contribution >= 0.6 is 0 Å². The molecular formula is C15H27N3O. The number of nitrogens with zero attached hydrogens (tertiary/aromatic N) is 2. The van der Waals surface area contributed by atoms with E-state index in [1.807, 2.05) is 6.20 Å². The maximum absolute atomic E-state index is 5.19. The van der Waals surface area contributed by atoms with Crippen LogP contribution in [-0.2, 0) is 11.3 Å². The molecule has 1 heterocycles. The fourth-order valence-electron chi connectivity index (χ4n) is 1.93. The predicted octanol–water partition coefficient (Wildman–Crippen LogP) is 2.44. The van der Waals surface area contributed by atoms with E-state index in [1.54, 1.807) is 7.11 Å². The van der Waals surface area contributed by atoms with Gasteiger partial charge in [0.25, 0.3) is 0 Å². The van der Waals surface area contributed by atoms with Gasteiger partial charge >= 0.3 is 0 Å². The first-order chi connectivity index (χ1) is 9.22. The van der Waals surface area contributed by atoms with Crippen LogP contribution in [0.3, 0.4) is 0 Å². The molecule has 0 aliphatic carbocycles. The van der Waals surface area contributed by atoms with Gasteiger partial charge in [0.1, 0.15) is 5.82 Å². The molecule has 0 spiro atoms. The summed E-state index contributed by atoms with van der Waals surface area (Å²) in [6.07, 6.45) is 3.06. The summed E-state index contributed by atoms with van der Waals surface area (Å²) in [4.78, 5) is 6.89. The van der Waals surface area contributed by atoms with E-state index in [1.165, 1.54) is 5.56 Å². The Morgan fingerprint density at radius 1 is 1.37 bits per heavy atom. The average molecular weight is 265 g/mol. The molecule has 1 N–H and O–H groups in total. The fraction of sp³-hybridized carbons (Fsp3) is 0.667. The highest BCUT2D eigenvalue weighted by Crippen LogP contribution is 2.16. The number of hydrogen-bond donors (Lipinski definition) is 1. The van der Waals surface area contributed by atoms with Crippen molar-refractivity contribution >= 4 is 5.82 Å². The van der Waals surface area contributed by atoms with E-state index < -0.39 is 0 Å². The summed E-state index contributed by atoms with van der Waals surface area (Å²) in [6.45, 7) is 10.0. The van der Waals surface area contributed by atoms with Crippen LogP contribution in [-0.4, -0.2) is 37.8 Å². The number of rotatable bonds is 9. The van der Waals surface area contributed by atoms with E-state index in [0.29, 0.717) is 6.04 Å². The third kappa shape index (κ3) is 5.17. The number of ether oxygens (including phenoxy) is 1. The third-order valence-corrected chi connectivity index (χ3v) is 3.34. The zero-order valence-electron chi connectivity index (χ0n) is 12.6. The van der Waals surface area contributed by atoms with E-state index in [9.17, 15) is 0 Å². The summed E-state index contributed by atoms with van der Waals surface area (Å²) >= 11 is 0. The van der Waals surface area contributed by atoms with Crippen molar-refractivity contribution in [3.05, 3.63) is 23.9 Å². The highest BCUT2D eigenvalue weighted by molar-refractivity contribution is 5.40. The van der Waals surface area contributed by atoms with Gasteiger partial charge in [0.2, 0.25) is 0 Å². The summed E-state index contributed by atoms with van der Waals surface area (Å²) in [5.41, 5.74) is 1.22. The topological polar surface area (TPSA) is 37.4 Å². The van der Waals surface area contributed by atoms with Gasteiger partial charge in [0.05, 0.1) is 6.61 Å². The van der Waals surface area contributed by atoms with E-state index in [-0.39, 0.29) is 0 Å². The molecule has 1 aromatic rings. The lowest BCUT2D eigenvalue weighted by Crippen LogP contribution is -2.36. The first-order valence-corrected chi connectivity index (χ1v) is 7.14. The normalized spacial score (nSPS) is 12.4. The van der Waals surface area contributed by atoms with Gasteiger partial charge in [-0.25, -0.2) is 4.98 Å². The molecule has 0 bridgehead atoms. The van der Waals surface area contributed by atoms with E-state index in [4.69, 9.17) is 4.74 Å². The van der Waals surface area contributed by atoms with Gasteiger partial charge in [-0.2, -0.15) is 0 Å². The Morgan fingerprint density at radius 2 is 2.16 bits per heavy atom. The smallest absolute Gasteiger partial charge is 0.128 e. The monoisotopic (exact) mass is 265 g/mol. The lowest BCUT2D eigenvalue weighted by molar-refractivity contribution is 0.203. The molecule has 1 aromatic heterocycles. The van der Waals surface area contributed by atoms with Gasteiger partial charge in [-0.1, -0.05) is 19.9 Å². The largest absolute Gasteiger partial charge is 0.383 e. The van der Waals surface area contributed by atoms with Crippen LogP contribution in [0, 0.1) is 0 Å². The Balaban J connectivity index is 2.72. The van der Waals surface area contributed by atoms with Crippen molar-refractivity contribution in [3.8, 4) is 0 Å². The Bertz CT molecular complexity index is 340. The van der Waals surface area contributed by atoms with Crippen molar-refractivity contribution in [3.63, 3.8) is 0 Å². The van der Waals surface area contributed by atoms with E-state index in [0.717, 1.165) is 38.5 Å². The van der Waals surface area contributed by atoms with Gasteiger partial charge < -0.3 is 15.0 Å². The summed E-state index contributed by atoms with van der Waals surface area (Å²) in [5, 5.41) is 3.31. The highest BCUT2D eigenvalue weighted by atomic mass is 16.5.